The van der Waals surface area contributed by atoms with Gasteiger partial charge in [0.2, 0.25) is 11.8 Å². The Morgan fingerprint density at radius 1 is 1.14 bits per heavy atom. The molecule has 36 heavy (non-hydrogen) atoms. The first kappa shape index (κ1) is 31.0. The second-order valence-electron chi connectivity index (χ2n) is 8.76. The van der Waals surface area contributed by atoms with E-state index in [1.165, 1.54) is 6.92 Å². The molecule has 11 nitrogen and oxygen atoms in total. The summed E-state index contributed by atoms with van der Waals surface area (Å²) in [5.41, 5.74) is 8.96. The Hall–Kier alpha value is -3.06. The average Bonchev–Trinajstić information content (AvgIpc) is 2.83. The van der Waals surface area contributed by atoms with Gasteiger partial charge < -0.3 is 32.5 Å². The first-order valence-electron chi connectivity index (χ1n) is 11.3. The van der Waals surface area contributed by atoms with E-state index in [4.69, 9.17) is 11.5 Å². The number of amides is 3. The molecule has 0 aliphatic heterocycles. The quantitative estimate of drug-likeness (QED) is 0.104. The molecule has 0 aliphatic rings. The molecular formula is C23H34BrFN6O5. The van der Waals surface area contributed by atoms with Crippen LogP contribution in [0.15, 0.2) is 33.7 Å². The van der Waals surface area contributed by atoms with E-state index < -0.39 is 54.4 Å². The van der Waals surface area contributed by atoms with Crippen LogP contribution in [0.3, 0.4) is 0 Å². The first-order chi connectivity index (χ1) is 16.8. The smallest absolute Gasteiger partial charge is 0.251 e. The minimum absolute atomic E-state index is 0.0403. The molecule has 0 saturated heterocycles. The Kier molecular flexibility index (Phi) is 12.5. The summed E-state index contributed by atoms with van der Waals surface area (Å²) in [7, 11) is 0. The number of aliphatic hydroxyl groups excluding tert-OH is 1. The van der Waals surface area contributed by atoms with Crippen LogP contribution < -0.4 is 27.4 Å². The number of nitrogens with one attached hydrogen (secondary N) is 3. The molecule has 13 heteroatoms. The molecule has 1 rings (SSSR count). The lowest BCUT2D eigenvalue weighted by Gasteiger charge is -2.32. The van der Waals surface area contributed by atoms with Crippen LogP contribution in [0, 0.1) is 5.92 Å². The lowest BCUT2D eigenvalue weighted by Crippen LogP contribution is -2.64. The van der Waals surface area contributed by atoms with Crippen molar-refractivity contribution in [1.82, 2.24) is 16.0 Å². The molecular weight excluding hydrogens is 539 g/mol. The van der Waals surface area contributed by atoms with Crippen LogP contribution >= 0.6 is 15.9 Å². The molecule has 0 saturated carbocycles. The van der Waals surface area contributed by atoms with Crippen molar-refractivity contribution in [2.75, 3.05) is 19.8 Å². The van der Waals surface area contributed by atoms with E-state index >= 15 is 0 Å². The van der Waals surface area contributed by atoms with Gasteiger partial charge in [-0.1, -0.05) is 29.8 Å². The van der Waals surface area contributed by atoms with Crippen molar-refractivity contribution in [2.45, 2.75) is 51.2 Å². The van der Waals surface area contributed by atoms with Crippen molar-refractivity contribution in [1.29, 1.82) is 0 Å². The number of alkyl halides is 1. The van der Waals surface area contributed by atoms with Crippen molar-refractivity contribution in [3.63, 3.8) is 0 Å². The predicted molar refractivity (Wildman–Crippen MR) is 137 cm³/mol. The van der Waals surface area contributed by atoms with Crippen molar-refractivity contribution >= 4 is 45.4 Å². The molecule has 8 N–H and O–H groups in total. The zero-order valence-electron chi connectivity index (χ0n) is 20.5. The Labute approximate surface area is 217 Å². The molecule has 1 unspecified atom stereocenters. The Morgan fingerprint density at radius 2 is 1.75 bits per heavy atom. The third kappa shape index (κ3) is 9.53. The fraction of sp³-hybridized carbons (Fsp3) is 0.522. The number of hydrogen-bond acceptors (Lipinski definition) is 6. The second-order valence-corrected chi connectivity index (χ2v) is 9.67. The van der Waals surface area contributed by atoms with Gasteiger partial charge in [-0.15, -0.1) is 0 Å². The maximum atomic E-state index is 13.1. The van der Waals surface area contributed by atoms with Crippen molar-refractivity contribution in [3.05, 3.63) is 34.3 Å². The molecule has 0 fully saturated rings. The minimum atomic E-state index is -1.86. The van der Waals surface area contributed by atoms with Gasteiger partial charge in [0.1, 0.15) is 18.3 Å². The largest absolute Gasteiger partial charge is 0.393 e. The number of ketones is 1. The van der Waals surface area contributed by atoms with Crippen LogP contribution in [0.25, 0.3) is 0 Å². The van der Waals surface area contributed by atoms with Crippen LogP contribution in [-0.2, 0) is 14.4 Å². The highest BCUT2D eigenvalue weighted by atomic mass is 79.9. The number of guanidine groups is 1. The fourth-order valence-electron chi connectivity index (χ4n) is 3.11. The summed E-state index contributed by atoms with van der Waals surface area (Å²) in [6, 6.07) is 4.27. The van der Waals surface area contributed by atoms with Gasteiger partial charge in [0.05, 0.1) is 12.6 Å². The summed E-state index contributed by atoms with van der Waals surface area (Å²) in [5, 5.41) is 17.4. The molecule has 200 valence electrons. The summed E-state index contributed by atoms with van der Waals surface area (Å²) in [6.45, 7) is 2.69. The average molecular weight is 573 g/mol. The van der Waals surface area contributed by atoms with Gasteiger partial charge in [0.15, 0.2) is 11.7 Å². The summed E-state index contributed by atoms with van der Waals surface area (Å²) in [4.78, 5) is 54.4. The zero-order chi connectivity index (χ0) is 27.5. The van der Waals surface area contributed by atoms with E-state index in [0.29, 0.717) is 5.56 Å². The number of carbonyl (C=O) groups is 4. The van der Waals surface area contributed by atoms with Gasteiger partial charge >= 0.3 is 0 Å². The van der Waals surface area contributed by atoms with Crippen LogP contribution in [0.4, 0.5) is 4.39 Å². The number of nitrogens with two attached hydrogens (primary N) is 2. The number of rotatable bonds is 14. The van der Waals surface area contributed by atoms with Gasteiger partial charge in [0, 0.05) is 16.6 Å². The van der Waals surface area contributed by atoms with E-state index in [0.717, 1.165) is 4.47 Å². The van der Waals surface area contributed by atoms with Crippen LogP contribution in [-0.4, -0.2) is 72.0 Å². The number of aliphatic hydroxyl groups is 1. The van der Waals surface area contributed by atoms with Crippen molar-refractivity contribution in [2.24, 2.45) is 22.4 Å². The van der Waals surface area contributed by atoms with Gasteiger partial charge in [-0.05, 0) is 49.9 Å². The molecule has 1 aromatic carbocycles. The van der Waals surface area contributed by atoms with E-state index in [-0.39, 0.29) is 31.3 Å². The summed E-state index contributed by atoms with van der Waals surface area (Å²) < 4.78 is 13.8. The number of aliphatic imine (C=N–C) groups is 1. The number of Topliss-reactive ketones (excluding diaryl/α,β-unsaturated/α-hetero) is 1. The monoisotopic (exact) mass is 572 g/mol. The molecule has 3 atom stereocenters. The van der Waals surface area contributed by atoms with Crippen LogP contribution in [0.5, 0.6) is 0 Å². The van der Waals surface area contributed by atoms with Gasteiger partial charge in [0.25, 0.3) is 5.91 Å². The second kappa shape index (κ2) is 14.5. The third-order valence-electron chi connectivity index (χ3n) is 5.33. The van der Waals surface area contributed by atoms with Crippen molar-refractivity contribution < 1.29 is 28.7 Å². The molecule has 0 bridgehead atoms. The number of halogens is 2. The van der Waals surface area contributed by atoms with E-state index in [1.807, 2.05) is 0 Å². The predicted octanol–water partition coefficient (Wildman–Crippen LogP) is 0.148. The lowest BCUT2D eigenvalue weighted by molar-refractivity contribution is -0.137. The molecule has 0 radical (unpaired) electrons. The molecule has 1 aromatic rings. The van der Waals surface area contributed by atoms with E-state index in [2.05, 4.69) is 36.9 Å². The van der Waals surface area contributed by atoms with Crippen molar-refractivity contribution in [3.8, 4) is 0 Å². The number of carbonyl (C=O) groups excluding carboxylic acids is 4. The topological polar surface area (TPSA) is 189 Å². The summed E-state index contributed by atoms with van der Waals surface area (Å²) in [6.07, 6.45) is 0.312. The molecule has 0 heterocycles. The van der Waals surface area contributed by atoms with Gasteiger partial charge in [-0.2, -0.15) is 0 Å². The standard InChI is InChI=1S/C23H34BrFN6O5/c1-13(2)18(30-19(34)14-6-8-15(24)9-7-14)20(35)31-23(3,12-32)21(36)29-16(17(33)11-25)5-4-10-28-22(26)27/h6-9,13,16,18,32H,4-5,10-12H2,1-3H3,(H,29,36)(H,30,34)(H,31,35)(H4,26,27,28)/t16-,18-,23?/m0/s1. The van der Waals surface area contributed by atoms with Crippen LogP contribution in [0.1, 0.15) is 44.0 Å². The lowest BCUT2D eigenvalue weighted by atomic mass is 9.97. The Balaban J connectivity index is 2.95. The molecule has 0 spiro atoms. The maximum Gasteiger partial charge on any atom is 0.251 e. The minimum Gasteiger partial charge on any atom is -0.393 e. The molecule has 3 amide bonds. The molecule has 0 aromatic heterocycles. The van der Waals surface area contributed by atoms with Gasteiger partial charge in [-0.3, -0.25) is 24.2 Å². The summed E-state index contributed by atoms with van der Waals surface area (Å²) in [5.74, 6) is -3.50. The zero-order valence-corrected chi connectivity index (χ0v) is 22.1. The fourth-order valence-corrected chi connectivity index (χ4v) is 3.37. The number of benzene rings is 1. The summed E-state index contributed by atoms with van der Waals surface area (Å²) >= 11 is 3.28. The molecule has 0 aliphatic carbocycles. The SMILES string of the molecule is CC(C)[C@H](NC(=O)c1ccc(Br)cc1)C(=O)NC(C)(CO)C(=O)N[C@@H](CCCN=C(N)N)C(=O)CF. The highest BCUT2D eigenvalue weighted by Crippen LogP contribution is 2.13. The van der Waals surface area contributed by atoms with Gasteiger partial charge in [-0.25, -0.2) is 4.39 Å². The normalized spacial score (nSPS) is 14.2. The highest BCUT2D eigenvalue weighted by molar-refractivity contribution is 9.10. The Bertz CT molecular complexity index is 955. The highest BCUT2D eigenvalue weighted by Gasteiger charge is 2.39. The Morgan fingerprint density at radius 3 is 2.25 bits per heavy atom. The van der Waals surface area contributed by atoms with E-state index in [1.54, 1.807) is 38.1 Å². The number of nitrogens with zero attached hydrogens (tertiary/aromatic N) is 1. The third-order valence-corrected chi connectivity index (χ3v) is 5.86. The van der Waals surface area contributed by atoms with Crippen LogP contribution in [0.2, 0.25) is 0 Å². The number of hydrogen-bond donors (Lipinski definition) is 6. The first-order valence-corrected chi connectivity index (χ1v) is 12.1. The maximum absolute atomic E-state index is 13.1. The van der Waals surface area contributed by atoms with E-state index in [9.17, 15) is 28.7 Å².